The lowest BCUT2D eigenvalue weighted by atomic mass is 10.0. The molecule has 116 valence electrons. The topological polar surface area (TPSA) is 93.6 Å². The largest absolute Gasteiger partial charge is 0.472 e. The molecule has 1 aromatic carbocycles. The van der Waals surface area contributed by atoms with Crippen LogP contribution in [-0.4, -0.2) is 22.4 Å². The van der Waals surface area contributed by atoms with Crippen molar-refractivity contribution >= 4 is 11.5 Å². The fourth-order valence-corrected chi connectivity index (χ4v) is 2.76. The van der Waals surface area contributed by atoms with Crippen molar-refractivity contribution in [2.45, 2.75) is 6.42 Å². The molecule has 6 heteroatoms. The maximum atomic E-state index is 11.7. The Balaban J connectivity index is 2.33. The van der Waals surface area contributed by atoms with Gasteiger partial charge in [0.25, 0.3) is 5.69 Å². The number of nitrogens with zero attached hydrogens (tertiary/aromatic N) is 1. The predicted octanol–water partition coefficient (Wildman–Crippen LogP) is 3.06. The SMILES string of the molecule is O=C(CO)Cc1c2ccocc-2c(-c2ccccc2)c1[N+](=O)[O-]. The molecule has 3 rings (SSSR count). The molecule has 0 spiro atoms. The molecule has 23 heavy (non-hydrogen) atoms. The van der Waals surface area contributed by atoms with Crippen LogP contribution >= 0.6 is 0 Å². The Morgan fingerprint density at radius 3 is 2.57 bits per heavy atom. The van der Waals surface area contributed by atoms with Crippen molar-refractivity contribution in [3.05, 3.63) is 64.6 Å². The van der Waals surface area contributed by atoms with Gasteiger partial charge in [0, 0.05) is 17.5 Å². The summed E-state index contributed by atoms with van der Waals surface area (Å²) < 4.78 is 5.18. The van der Waals surface area contributed by atoms with Gasteiger partial charge in [0.05, 0.1) is 23.0 Å². The summed E-state index contributed by atoms with van der Waals surface area (Å²) in [6, 6.07) is 10.5. The van der Waals surface area contributed by atoms with Gasteiger partial charge >= 0.3 is 0 Å². The second kappa shape index (κ2) is 6.02. The number of aliphatic hydroxyl groups is 1. The lowest BCUT2D eigenvalue weighted by Crippen LogP contribution is -2.08. The molecule has 0 radical (unpaired) electrons. The van der Waals surface area contributed by atoms with E-state index in [2.05, 4.69) is 0 Å². The van der Waals surface area contributed by atoms with Crippen molar-refractivity contribution < 1.29 is 19.2 Å². The minimum atomic E-state index is -0.651. The van der Waals surface area contributed by atoms with E-state index < -0.39 is 17.3 Å². The molecule has 0 aromatic heterocycles. The van der Waals surface area contributed by atoms with E-state index in [0.29, 0.717) is 27.8 Å². The molecule has 0 unspecified atom stereocenters. The predicted molar refractivity (Wildman–Crippen MR) is 83.2 cm³/mol. The van der Waals surface area contributed by atoms with Crippen LogP contribution in [0.5, 0.6) is 0 Å². The van der Waals surface area contributed by atoms with Crippen LogP contribution < -0.4 is 0 Å². The molecule has 1 N–H and O–H groups in total. The second-order valence-corrected chi connectivity index (χ2v) is 5.08. The average molecular weight is 311 g/mol. The van der Waals surface area contributed by atoms with Crippen LogP contribution in [0.4, 0.5) is 5.69 Å². The highest BCUT2D eigenvalue weighted by Crippen LogP contribution is 2.47. The zero-order chi connectivity index (χ0) is 16.4. The van der Waals surface area contributed by atoms with Crippen LogP contribution in [-0.2, 0) is 11.2 Å². The Labute approximate surface area is 131 Å². The molecule has 0 atom stereocenters. The van der Waals surface area contributed by atoms with Crippen LogP contribution in [0.1, 0.15) is 5.56 Å². The Morgan fingerprint density at radius 2 is 1.91 bits per heavy atom. The van der Waals surface area contributed by atoms with Crippen LogP contribution in [0, 0.1) is 10.1 Å². The van der Waals surface area contributed by atoms with Gasteiger partial charge in [0.2, 0.25) is 0 Å². The minimum Gasteiger partial charge on any atom is -0.472 e. The van der Waals surface area contributed by atoms with Crippen molar-refractivity contribution in [2.75, 3.05) is 6.61 Å². The zero-order valence-corrected chi connectivity index (χ0v) is 12.1. The van der Waals surface area contributed by atoms with Crippen LogP contribution in [0.25, 0.3) is 22.3 Å². The highest BCUT2D eigenvalue weighted by Gasteiger charge is 2.33. The van der Waals surface area contributed by atoms with Gasteiger partial charge in [0.15, 0.2) is 5.78 Å². The van der Waals surface area contributed by atoms with Gasteiger partial charge in [-0.3, -0.25) is 14.9 Å². The number of aliphatic hydroxyl groups excluding tert-OH is 1. The summed E-state index contributed by atoms with van der Waals surface area (Å²) >= 11 is 0. The van der Waals surface area contributed by atoms with Crippen LogP contribution in [0.15, 0.2) is 53.3 Å². The number of Topliss-reactive ketones (excluding diaryl/α,β-unsaturated/α-hetero) is 1. The molecular weight excluding hydrogens is 298 g/mol. The third-order valence-corrected chi connectivity index (χ3v) is 3.70. The molecule has 0 saturated carbocycles. The van der Waals surface area contributed by atoms with E-state index >= 15 is 0 Å². The zero-order valence-electron chi connectivity index (χ0n) is 12.1. The van der Waals surface area contributed by atoms with Crippen molar-refractivity contribution in [1.82, 2.24) is 0 Å². The van der Waals surface area contributed by atoms with Crippen molar-refractivity contribution in [1.29, 1.82) is 0 Å². The van der Waals surface area contributed by atoms with Gasteiger partial charge in [-0.1, -0.05) is 30.3 Å². The van der Waals surface area contributed by atoms with Gasteiger partial charge in [-0.25, -0.2) is 0 Å². The third kappa shape index (κ3) is 2.60. The van der Waals surface area contributed by atoms with Crippen LogP contribution in [0.2, 0.25) is 0 Å². The van der Waals surface area contributed by atoms with E-state index in [1.54, 1.807) is 30.3 Å². The molecule has 0 amide bonds. The van der Waals surface area contributed by atoms with Gasteiger partial charge in [-0.15, -0.1) is 0 Å². The van der Waals surface area contributed by atoms with E-state index in [1.165, 1.54) is 12.5 Å². The summed E-state index contributed by atoms with van der Waals surface area (Å²) in [7, 11) is 0. The van der Waals surface area contributed by atoms with Crippen molar-refractivity contribution in [3.63, 3.8) is 0 Å². The number of rotatable bonds is 5. The summed E-state index contributed by atoms with van der Waals surface area (Å²) in [6.45, 7) is -0.651. The van der Waals surface area contributed by atoms with Crippen molar-refractivity contribution in [2.24, 2.45) is 0 Å². The highest BCUT2D eigenvalue weighted by atomic mass is 16.6. The van der Waals surface area contributed by atoms with E-state index in [0.717, 1.165) is 0 Å². The summed E-state index contributed by atoms with van der Waals surface area (Å²) in [5.41, 5.74) is 2.45. The minimum absolute atomic E-state index is 0.116. The lowest BCUT2D eigenvalue weighted by molar-refractivity contribution is -0.384. The molecule has 2 aliphatic rings. The third-order valence-electron chi connectivity index (χ3n) is 3.70. The first-order chi connectivity index (χ1) is 11.1. The second-order valence-electron chi connectivity index (χ2n) is 5.08. The van der Waals surface area contributed by atoms with E-state index in [-0.39, 0.29) is 12.1 Å². The summed E-state index contributed by atoms with van der Waals surface area (Å²) in [6.07, 6.45) is 2.66. The fraction of sp³-hybridized carbons (Fsp3) is 0.118. The lowest BCUT2D eigenvalue weighted by Gasteiger charge is -2.02. The standard InChI is InChI=1S/C17H13NO5/c19-9-12(20)8-14-13-6-7-23-10-15(13)16(17(14)18(21)22)11-4-2-1-3-5-11/h1-7,10,19H,8-9H2. The number of fused-ring (bicyclic) bond motifs is 1. The molecule has 1 aliphatic heterocycles. The smallest absolute Gasteiger partial charge is 0.282 e. The molecule has 1 aliphatic carbocycles. The number of carbonyl (C=O) groups is 1. The van der Waals surface area contributed by atoms with E-state index in [9.17, 15) is 14.9 Å². The first kappa shape index (κ1) is 14.9. The molecule has 6 nitrogen and oxygen atoms in total. The van der Waals surface area contributed by atoms with Gasteiger partial charge in [-0.2, -0.15) is 0 Å². The number of hydrogen-bond donors (Lipinski definition) is 1. The number of nitro groups is 1. The highest BCUT2D eigenvalue weighted by molar-refractivity contribution is 5.99. The summed E-state index contributed by atoms with van der Waals surface area (Å²) in [5.74, 6) is -0.472. The molecule has 0 saturated heterocycles. The first-order valence-electron chi connectivity index (χ1n) is 6.96. The molecule has 0 fully saturated rings. The quantitative estimate of drug-likeness (QED) is 0.577. The fourth-order valence-electron chi connectivity index (χ4n) is 2.76. The summed E-state index contributed by atoms with van der Waals surface area (Å²) in [5, 5.41) is 20.6. The molecular formula is C17H13NO5. The number of carbonyl (C=O) groups excluding carboxylic acids is 1. The Hall–Kier alpha value is -2.99. The molecule has 0 bridgehead atoms. The number of ketones is 1. The maximum Gasteiger partial charge on any atom is 0.282 e. The number of hydrogen-bond acceptors (Lipinski definition) is 5. The number of benzene rings is 1. The van der Waals surface area contributed by atoms with Gasteiger partial charge < -0.3 is 9.52 Å². The Morgan fingerprint density at radius 1 is 1.17 bits per heavy atom. The molecule has 1 heterocycles. The van der Waals surface area contributed by atoms with Crippen LogP contribution in [0.3, 0.4) is 0 Å². The molecule has 1 aromatic rings. The summed E-state index contributed by atoms with van der Waals surface area (Å²) in [4.78, 5) is 22.8. The monoisotopic (exact) mass is 311 g/mol. The normalized spacial score (nSPS) is 10.8. The Bertz CT molecular complexity index is 838. The maximum absolute atomic E-state index is 11.7. The Kier molecular flexibility index (Phi) is 3.91. The van der Waals surface area contributed by atoms with E-state index in [4.69, 9.17) is 9.52 Å². The first-order valence-corrected chi connectivity index (χ1v) is 6.96. The van der Waals surface area contributed by atoms with E-state index in [1.807, 2.05) is 6.07 Å². The average Bonchev–Trinajstić information content (AvgIpc) is 2.90. The van der Waals surface area contributed by atoms with Gasteiger partial charge in [0.1, 0.15) is 6.61 Å². The van der Waals surface area contributed by atoms with Crippen molar-refractivity contribution in [3.8, 4) is 22.3 Å². The van der Waals surface area contributed by atoms with Gasteiger partial charge in [-0.05, 0) is 17.2 Å².